The lowest BCUT2D eigenvalue weighted by Crippen LogP contribution is -2.40. The Kier molecular flexibility index (Phi) is 15.6. The van der Waals surface area contributed by atoms with Gasteiger partial charge in [-0.05, 0) is 12.8 Å². The van der Waals surface area contributed by atoms with Crippen LogP contribution in [0.1, 0.15) is 78.1 Å². The molecule has 0 saturated carbocycles. The second kappa shape index (κ2) is 15.7. The molecule has 0 aromatic heterocycles. The van der Waals surface area contributed by atoms with Crippen LogP contribution in [0.5, 0.6) is 0 Å². The van der Waals surface area contributed by atoms with Crippen molar-refractivity contribution >= 4 is 0 Å². The first-order valence-corrected chi connectivity index (χ1v) is 9.42. The number of aliphatic hydroxyl groups is 2. The molecule has 4 nitrogen and oxygen atoms in total. The lowest BCUT2D eigenvalue weighted by molar-refractivity contribution is 0.0621. The summed E-state index contributed by atoms with van der Waals surface area (Å²) in [6, 6.07) is 0. The van der Waals surface area contributed by atoms with Gasteiger partial charge in [-0.1, -0.05) is 65.2 Å². The fourth-order valence-corrected chi connectivity index (χ4v) is 2.83. The fourth-order valence-electron chi connectivity index (χ4n) is 2.83. The van der Waals surface area contributed by atoms with E-state index in [4.69, 9.17) is 5.73 Å². The van der Waals surface area contributed by atoms with Crippen molar-refractivity contribution in [1.82, 2.24) is 4.90 Å². The smallest absolute Gasteiger partial charge is 0.0667 e. The van der Waals surface area contributed by atoms with Crippen LogP contribution in [0.3, 0.4) is 0 Å². The van der Waals surface area contributed by atoms with E-state index < -0.39 is 0 Å². The summed E-state index contributed by atoms with van der Waals surface area (Å²) in [6.45, 7) is 6.98. The fraction of sp³-hybridized carbons (Fsp3) is 1.00. The average Bonchev–Trinajstić information content (AvgIpc) is 2.48. The van der Waals surface area contributed by atoms with E-state index in [-0.39, 0.29) is 12.2 Å². The van der Waals surface area contributed by atoms with Crippen molar-refractivity contribution in [2.24, 2.45) is 5.73 Å². The minimum atomic E-state index is -0.296. The van der Waals surface area contributed by atoms with Gasteiger partial charge in [0.15, 0.2) is 0 Å². The van der Waals surface area contributed by atoms with E-state index in [9.17, 15) is 10.2 Å². The van der Waals surface area contributed by atoms with Crippen molar-refractivity contribution in [3.05, 3.63) is 0 Å². The molecule has 0 amide bonds. The molecule has 0 aliphatic rings. The summed E-state index contributed by atoms with van der Waals surface area (Å²) in [5.41, 5.74) is 5.66. The number of aliphatic hydroxyl groups excluding tert-OH is 2. The molecule has 134 valence electrons. The summed E-state index contributed by atoms with van der Waals surface area (Å²) in [5.74, 6) is 0. The van der Waals surface area contributed by atoms with E-state index in [1.54, 1.807) is 0 Å². The zero-order chi connectivity index (χ0) is 16.6. The lowest BCUT2D eigenvalue weighted by Gasteiger charge is -2.27. The molecule has 0 bridgehead atoms. The molecule has 0 radical (unpaired) electrons. The molecule has 0 saturated heterocycles. The summed E-state index contributed by atoms with van der Waals surface area (Å²) < 4.78 is 0. The average molecular weight is 317 g/mol. The van der Waals surface area contributed by atoms with Gasteiger partial charge in [0.25, 0.3) is 0 Å². The molecule has 0 rings (SSSR count). The topological polar surface area (TPSA) is 69.7 Å². The van der Waals surface area contributed by atoms with Crippen LogP contribution in [0, 0.1) is 0 Å². The molecule has 0 fully saturated rings. The molecular weight excluding hydrogens is 276 g/mol. The van der Waals surface area contributed by atoms with Gasteiger partial charge in [-0.3, -0.25) is 4.90 Å². The van der Waals surface area contributed by atoms with Crippen LogP contribution in [0.2, 0.25) is 0 Å². The molecule has 4 heteroatoms. The summed E-state index contributed by atoms with van der Waals surface area (Å²) in [5, 5.41) is 20.3. The van der Waals surface area contributed by atoms with Crippen molar-refractivity contribution in [2.45, 2.75) is 90.3 Å². The third-order valence-corrected chi connectivity index (χ3v) is 4.17. The van der Waals surface area contributed by atoms with Gasteiger partial charge in [0.1, 0.15) is 0 Å². The van der Waals surface area contributed by atoms with E-state index in [1.165, 1.54) is 38.5 Å². The van der Waals surface area contributed by atoms with Crippen molar-refractivity contribution in [3.8, 4) is 0 Å². The quantitative estimate of drug-likeness (QED) is 0.383. The molecule has 0 spiro atoms. The Labute approximate surface area is 138 Å². The van der Waals surface area contributed by atoms with E-state index >= 15 is 0 Å². The highest BCUT2D eigenvalue weighted by atomic mass is 16.3. The van der Waals surface area contributed by atoms with Crippen LogP contribution in [-0.4, -0.2) is 53.5 Å². The monoisotopic (exact) mass is 316 g/mol. The van der Waals surface area contributed by atoms with Crippen LogP contribution in [0.15, 0.2) is 0 Å². The maximum Gasteiger partial charge on any atom is 0.0667 e. The summed E-state index contributed by atoms with van der Waals surface area (Å²) in [4.78, 5) is 2.12. The van der Waals surface area contributed by atoms with Gasteiger partial charge in [0.05, 0.1) is 12.2 Å². The number of unbranched alkanes of at least 4 members (excludes halogenated alkanes) is 6. The van der Waals surface area contributed by atoms with Gasteiger partial charge in [-0.2, -0.15) is 0 Å². The van der Waals surface area contributed by atoms with Crippen LogP contribution in [0.4, 0.5) is 0 Å². The van der Waals surface area contributed by atoms with Gasteiger partial charge in [0.2, 0.25) is 0 Å². The van der Waals surface area contributed by atoms with Gasteiger partial charge in [-0.15, -0.1) is 0 Å². The lowest BCUT2D eigenvalue weighted by atomic mass is 10.1. The van der Waals surface area contributed by atoms with Gasteiger partial charge in [0, 0.05) is 26.2 Å². The first-order valence-electron chi connectivity index (χ1n) is 9.42. The first kappa shape index (κ1) is 21.8. The van der Waals surface area contributed by atoms with E-state index in [2.05, 4.69) is 18.7 Å². The van der Waals surface area contributed by atoms with E-state index in [0.29, 0.717) is 19.6 Å². The van der Waals surface area contributed by atoms with Crippen LogP contribution >= 0.6 is 0 Å². The molecular formula is C18H40N2O2. The first-order chi connectivity index (χ1) is 10.6. The van der Waals surface area contributed by atoms with Crippen molar-refractivity contribution in [1.29, 1.82) is 0 Å². The summed E-state index contributed by atoms with van der Waals surface area (Å²) in [6.07, 6.45) is 10.6. The second-order valence-corrected chi connectivity index (χ2v) is 6.55. The van der Waals surface area contributed by atoms with Crippen LogP contribution in [0.25, 0.3) is 0 Å². The minimum absolute atomic E-state index is 0.296. The molecule has 0 aromatic carbocycles. The zero-order valence-electron chi connectivity index (χ0n) is 15.0. The second-order valence-electron chi connectivity index (χ2n) is 6.55. The van der Waals surface area contributed by atoms with Gasteiger partial charge < -0.3 is 15.9 Å². The molecule has 2 unspecified atom stereocenters. The highest BCUT2D eigenvalue weighted by molar-refractivity contribution is 4.70. The highest BCUT2D eigenvalue weighted by Crippen LogP contribution is 2.09. The Bertz CT molecular complexity index is 207. The Morgan fingerprint density at radius 3 is 1.59 bits per heavy atom. The molecule has 0 aliphatic carbocycles. The van der Waals surface area contributed by atoms with Crippen molar-refractivity contribution in [2.75, 3.05) is 26.2 Å². The maximum atomic E-state index is 10.1. The zero-order valence-corrected chi connectivity index (χ0v) is 15.0. The van der Waals surface area contributed by atoms with E-state index in [0.717, 1.165) is 32.2 Å². The third kappa shape index (κ3) is 13.5. The number of hydrogen-bond donors (Lipinski definition) is 3. The van der Waals surface area contributed by atoms with Gasteiger partial charge in [-0.25, -0.2) is 0 Å². The summed E-state index contributed by atoms with van der Waals surface area (Å²) in [7, 11) is 0. The number of nitrogens with two attached hydrogens (primary N) is 1. The largest absolute Gasteiger partial charge is 0.392 e. The standard InChI is InChI=1S/C18H40N2O2/c1-3-5-7-9-11-17(21)15-20(14-13-19)16-18(22)12-10-8-6-4-2/h17-18,21-22H,3-16,19H2,1-2H3. The SMILES string of the molecule is CCCCCCC(O)CN(CCN)CC(O)CCCCCC. The molecule has 4 N–H and O–H groups in total. The molecule has 0 aromatic rings. The van der Waals surface area contributed by atoms with Gasteiger partial charge >= 0.3 is 0 Å². The predicted octanol–water partition coefficient (Wildman–Crippen LogP) is 2.91. The Hall–Kier alpha value is -0.160. The maximum absolute atomic E-state index is 10.1. The normalized spacial score (nSPS) is 14.5. The number of rotatable bonds is 16. The molecule has 2 atom stereocenters. The Morgan fingerprint density at radius 1 is 0.773 bits per heavy atom. The van der Waals surface area contributed by atoms with Crippen LogP contribution in [-0.2, 0) is 0 Å². The summed E-state index contributed by atoms with van der Waals surface area (Å²) >= 11 is 0. The predicted molar refractivity (Wildman–Crippen MR) is 95.0 cm³/mol. The minimum Gasteiger partial charge on any atom is -0.392 e. The molecule has 22 heavy (non-hydrogen) atoms. The van der Waals surface area contributed by atoms with Crippen molar-refractivity contribution < 1.29 is 10.2 Å². The Balaban J connectivity index is 3.91. The highest BCUT2D eigenvalue weighted by Gasteiger charge is 2.15. The third-order valence-electron chi connectivity index (χ3n) is 4.17. The van der Waals surface area contributed by atoms with Crippen LogP contribution < -0.4 is 5.73 Å². The van der Waals surface area contributed by atoms with Crippen molar-refractivity contribution in [3.63, 3.8) is 0 Å². The Morgan fingerprint density at radius 2 is 1.23 bits per heavy atom. The number of hydrogen-bond acceptors (Lipinski definition) is 4. The van der Waals surface area contributed by atoms with E-state index in [1.807, 2.05) is 0 Å². The molecule has 0 heterocycles. The number of nitrogens with zero attached hydrogens (tertiary/aromatic N) is 1. The molecule has 0 aliphatic heterocycles.